The molecule has 136 valence electrons. The van der Waals surface area contributed by atoms with Crippen LogP contribution in [0.1, 0.15) is 27.1 Å². The smallest absolute Gasteiger partial charge is 0.229 e. The Morgan fingerprint density at radius 1 is 1.07 bits per heavy atom. The van der Waals surface area contributed by atoms with Gasteiger partial charge in [0, 0.05) is 21.7 Å². The molecule has 1 amide bonds. The third-order valence-corrected chi connectivity index (χ3v) is 8.57. The second-order valence-electron chi connectivity index (χ2n) is 6.35. The van der Waals surface area contributed by atoms with Crippen LogP contribution in [0.15, 0.2) is 51.9 Å². The van der Waals surface area contributed by atoms with E-state index in [4.69, 9.17) is 4.98 Å². The van der Waals surface area contributed by atoms with Gasteiger partial charge in [0.25, 0.3) is 0 Å². The number of hydrogen-bond donors (Lipinski definition) is 0. The zero-order valence-electron chi connectivity index (χ0n) is 14.3. The molecule has 1 aliphatic rings. The first-order valence-electron chi connectivity index (χ1n) is 8.67. The molecule has 0 saturated carbocycles. The fourth-order valence-electron chi connectivity index (χ4n) is 3.50. The fraction of sp³-hybridized carbons (Fsp3) is 0.200. The highest BCUT2D eigenvalue weighted by atomic mass is 32.1. The van der Waals surface area contributed by atoms with E-state index in [0.29, 0.717) is 6.42 Å². The van der Waals surface area contributed by atoms with E-state index in [1.165, 1.54) is 15.3 Å². The summed E-state index contributed by atoms with van der Waals surface area (Å²) in [6.07, 6.45) is 1.31. The summed E-state index contributed by atoms with van der Waals surface area (Å²) in [7, 11) is 0. The molecule has 0 N–H and O–H groups in total. The summed E-state index contributed by atoms with van der Waals surface area (Å²) in [5, 5.41) is 9.31. The molecule has 1 aliphatic heterocycles. The molecule has 5 heterocycles. The average Bonchev–Trinajstić information content (AvgIpc) is 3.48. The maximum absolute atomic E-state index is 13.2. The van der Waals surface area contributed by atoms with Crippen LogP contribution < -0.4 is 0 Å². The number of nitrogens with zero attached hydrogens (tertiary/aromatic N) is 2. The van der Waals surface area contributed by atoms with Crippen LogP contribution in [0.4, 0.5) is 0 Å². The highest BCUT2D eigenvalue weighted by molar-refractivity contribution is 7.20. The Bertz CT molecular complexity index is 1050. The second-order valence-corrected chi connectivity index (χ2v) is 10.1. The van der Waals surface area contributed by atoms with Gasteiger partial charge in [-0.25, -0.2) is 4.98 Å². The summed E-state index contributed by atoms with van der Waals surface area (Å²) in [6, 6.07) is 10.5. The molecule has 3 nitrogen and oxygen atoms in total. The van der Waals surface area contributed by atoms with Gasteiger partial charge < -0.3 is 4.90 Å². The molecule has 0 radical (unpaired) electrons. The molecule has 27 heavy (non-hydrogen) atoms. The van der Waals surface area contributed by atoms with Crippen LogP contribution >= 0.6 is 45.3 Å². The van der Waals surface area contributed by atoms with Crippen molar-refractivity contribution in [3.63, 3.8) is 0 Å². The average molecular weight is 429 g/mol. The Balaban J connectivity index is 1.41. The molecule has 0 aliphatic carbocycles. The summed E-state index contributed by atoms with van der Waals surface area (Å²) in [4.78, 5) is 23.8. The molecular weight excluding hydrogens is 413 g/mol. The minimum Gasteiger partial charge on any atom is -0.330 e. The van der Waals surface area contributed by atoms with Crippen LogP contribution in [0.2, 0.25) is 0 Å². The van der Waals surface area contributed by atoms with Gasteiger partial charge in [0.1, 0.15) is 5.01 Å². The van der Waals surface area contributed by atoms with E-state index in [1.807, 2.05) is 16.3 Å². The highest BCUT2D eigenvalue weighted by Gasteiger charge is 2.33. The first kappa shape index (κ1) is 17.3. The van der Waals surface area contributed by atoms with Gasteiger partial charge in [-0.3, -0.25) is 4.79 Å². The SMILES string of the molecule is O=C(Cc1csc(-c2cccs2)n1)N1CCc2sccc2C1c1cccs1. The Morgan fingerprint density at radius 3 is 2.78 bits per heavy atom. The minimum atomic E-state index is 0.0444. The highest BCUT2D eigenvalue weighted by Crippen LogP contribution is 2.39. The third-order valence-electron chi connectivity index (χ3n) is 4.71. The van der Waals surface area contributed by atoms with Crippen LogP contribution in [-0.2, 0) is 17.6 Å². The summed E-state index contributed by atoms with van der Waals surface area (Å²) in [6.45, 7) is 0.775. The largest absolute Gasteiger partial charge is 0.330 e. The molecular formula is C20H16N2OS4. The van der Waals surface area contributed by atoms with Crippen molar-refractivity contribution in [1.29, 1.82) is 0 Å². The van der Waals surface area contributed by atoms with Crippen molar-refractivity contribution < 1.29 is 4.79 Å². The molecule has 4 aromatic rings. The minimum absolute atomic E-state index is 0.0444. The number of carbonyl (C=O) groups excluding carboxylic acids is 1. The number of thiophene rings is 3. The van der Waals surface area contributed by atoms with Crippen molar-refractivity contribution in [2.24, 2.45) is 0 Å². The second kappa shape index (κ2) is 7.31. The maximum atomic E-state index is 13.2. The lowest BCUT2D eigenvalue weighted by Gasteiger charge is -2.35. The molecule has 1 atom stereocenters. The number of hydrogen-bond acceptors (Lipinski definition) is 6. The number of amides is 1. The molecule has 7 heteroatoms. The molecule has 0 fully saturated rings. The van der Waals surface area contributed by atoms with Gasteiger partial charge in [-0.2, -0.15) is 0 Å². The van der Waals surface area contributed by atoms with Gasteiger partial charge >= 0.3 is 0 Å². The van der Waals surface area contributed by atoms with Crippen LogP contribution in [-0.4, -0.2) is 22.3 Å². The molecule has 0 aromatic carbocycles. The monoisotopic (exact) mass is 428 g/mol. The number of thiazole rings is 1. The van der Waals surface area contributed by atoms with Crippen molar-refractivity contribution in [2.45, 2.75) is 18.9 Å². The van der Waals surface area contributed by atoms with Gasteiger partial charge in [0.15, 0.2) is 0 Å². The molecule has 0 saturated heterocycles. The van der Waals surface area contributed by atoms with Crippen LogP contribution in [0.5, 0.6) is 0 Å². The summed E-state index contributed by atoms with van der Waals surface area (Å²) < 4.78 is 0. The number of aromatic nitrogens is 1. The zero-order chi connectivity index (χ0) is 18.2. The van der Waals surface area contributed by atoms with Gasteiger partial charge in [0.05, 0.1) is 23.0 Å². The summed E-state index contributed by atoms with van der Waals surface area (Å²) >= 11 is 6.83. The van der Waals surface area contributed by atoms with Crippen molar-refractivity contribution >= 4 is 51.3 Å². The lowest BCUT2D eigenvalue weighted by atomic mass is 9.98. The Labute approximate surface area is 173 Å². The van der Waals surface area contributed by atoms with Gasteiger partial charge in [-0.1, -0.05) is 12.1 Å². The Morgan fingerprint density at radius 2 is 1.96 bits per heavy atom. The predicted octanol–water partition coefficient (Wildman–Crippen LogP) is 5.71. The van der Waals surface area contributed by atoms with Gasteiger partial charge in [-0.15, -0.1) is 45.3 Å². The first-order chi connectivity index (χ1) is 13.3. The Hall–Kier alpha value is -1.80. The molecule has 4 aromatic heterocycles. The van der Waals surface area contributed by atoms with E-state index < -0.39 is 0 Å². The molecule has 1 unspecified atom stereocenters. The van der Waals surface area contributed by atoms with Crippen molar-refractivity contribution in [3.05, 3.63) is 72.9 Å². The summed E-state index contributed by atoms with van der Waals surface area (Å²) in [5.41, 5.74) is 2.16. The normalized spacial score (nSPS) is 16.4. The molecule has 0 bridgehead atoms. The fourth-order valence-corrected chi connectivity index (χ4v) is 6.89. The van der Waals surface area contributed by atoms with Crippen molar-refractivity contribution in [3.8, 4) is 9.88 Å². The van der Waals surface area contributed by atoms with Crippen LogP contribution in [0, 0.1) is 0 Å². The lowest BCUT2D eigenvalue weighted by molar-refractivity contribution is -0.132. The quantitative estimate of drug-likeness (QED) is 0.417. The molecule has 0 spiro atoms. The zero-order valence-corrected chi connectivity index (χ0v) is 17.6. The van der Waals surface area contributed by atoms with E-state index in [-0.39, 0.29) is 11.9 Å². The topological polar surface area (TPSA) is 33.2 Å². The van der Waals surface area contributed by atoms with E-state index in [2.05, 4.69) is 40.4 Å². The maximum Gasteiger partial charge on any atom is 0.229 e. The number of carbonyl (C=O) groups is 1. The number of rotatable bonds is 4. The Kier molecular flexibility index (Phi) is 4.69. The van der Waals surface area contributed by atoms with Crippen molar-refractivity contribution in [2.75, 3.05) is 6.54 Å². The predicted molar refractivity (Wildman–Crippen MR) is 115 cm³/mol. The summed E-state index contributed by atoms with van der Waals surface area (Å²) in [5.74, 6) is 0.160. The standard InChI is InChI=1S/C20H16N2OS4/c23-18(11-13-12-27-20(21-13)17-4-2-9-25-17)22-7-5-15-14(6-10-26-15)19(22)16-3-1-8-24-16/h1-4,6,8-10,12,19H,5,7,11H2. The van der Waals surface area contributed by atoms with Crippen LogP contribution in [0.3, 0.4) is 0 Å². The van der Waals surface area contributed by atoms with Crippen LogP contribution in [0.25, 0.3) is 9.88 Å². The van der Waals surface area contributed by atoms with Crippen molar-refractivity contribution in [1.82, 2.24) is 9.88 Å². The lowest BCUT2D eigenvalue weighted by Crippen LogP contribution is -2.40. The van der Waals surface area contributed by atoms with Gasteiger partial charge in [0.2, 0.25) is 5.91 Å². The van der Waals surface area contributed by atoms with E-state index in [1.54, 1.807) is 45.3 Å². The molecule has 5 rings (SSSR count). The number of fused-ring (bicyclic) bond motifs is 1. The van der Waals surface area contributed by atoms with E-state index in [0.717, 1.165) is 28.5 Å². The van der Waals surface area contributed by atoms with E-state index >= 15 is 0 Å². The van der Waals surface area contributed by atoms with Gasteiger partial charge in [-0.05, 0) is 46.3 Å². The first-order valence-corrected chi connectivity index (χ1v) is 12.2. The third kappa shape index (κ3) is 3.29. The van der Waals surface area contributed by atoms with E-state index in [9.17, 15) is 4.79 Å².